The molecule has 0 aliphatic heterocycles. The van der Waals surface area contributed by atoms with E-state index >= 15 is 0 Å². The summed E-state index contributed by atoms with van der Waals surface area (Å²) in [5, 5.41) is 2.47. The summed E-state index contributed by atoms with van der Waals surface area (Å²) >= 11 is 4.13. The number of hydrogen-bond donors (Lipinski definition) is 3. The average Bonchev–Trinajstić information content (AvgIpc) is 2.18. The zero-order valence-electron chi connectivity index (χ0n) is 8.23. The van der Waals surface area contributed by atoms with Crippen LogP contribution in [0.5, 0.6) is 0 Å². The van der Waals surface area contributed by atoms with E-state index in [0.717, 1.165) is 0 Å². The number of thiol groups is 1. The molecule has 0 unspecified atom stereocenters. The van der Waals surface area contributed by atoms with E-state index in [1.807, 2.05) is 0 Å². The Hall–Kier alpha value is -1.49. The van der Waals surface area contributed by atoms with E-state index < -0.39 is 11.9 Å². The van der Waals surface area contributed by atoms with E-state index in [4.69, 9.17) is 5.73 Å². The normalized spacial score (nSPS) is 11.9. The van der Waals surface area contributed by atoms with Crippen LogP contribution < -0.4 is 11.1 Å². The first-order chi connectivity index (χ1) is 7.02. The standard InChI is InChI=1S/C10H12N2O2S/c1-6(9(11)13)12-10(14)7-4-2-3-5-8(7)15/h2-6,15H,1H3,(H2,11,13)(H,12,14)/t6-/m0/s1. The molecule has 0 saturated heterocycles. The van der Waals surface area contributed by atoms with Gasteiger partial charge in [0.25, 0.3) is 5.91 Å². The van der Waals surface area contributed by atoms with Gasteiger partial charge in [0.1, 0.15) is 6.04 Å². The van der Waals surface area contributed by atoms with Gasteiger partial charge in [-0.05, 0) is 19.1 Å². The summed E-state index contributed by atoms with van der Waals surface area (Å²) < 4.78 is 0. The van der Waals surface area contributed by atoms with Gasteiger partial charge in [-0.2, -0.15) is 0 Å². The monoisotopic (exact) mass is 224 g/mol. The van der Waals surface area contributed by atoms with E-state index in [9.17, 15) is 9.59 Å². The van der Waals surface area contributed by atoms with Crippen molar-refractivity contribution >= 4 is 24.4 Å². The quantitative estimate of drug-likeness (QED) is 0.657. The van der Waals surface area contributed by atoms with Gasteiger partial charge in [-0.15, -0.1) is 12.6 Å². The molecule has 2 amide bonds. The van der Waals surface area contributed by atoms with E-state index in [2.05, 4.69) is 17.9 Å². The first kappa shape index (κ1) is 11.6. The molecule has 4 nitrogen and oxygen atoms in total. The van der Waals surface area contributed by atoms with Crippen LogP contribution in [0.3, 0.4) is 0 Å². The van der Waals surface area contributed by atoms with Gasteiger partial charge in [0.15, 0.2) is 0 Å². The first-order valence-electron chi connectivity index (χ1n) is 4.40. The number of carbonyl (C=O) groups is 2. The summed E-state index contributed by atoms with van der Waals surface area (Å²) in [6.07, 6.45) is 0. The van der Waals surface area contributed by atoms with Crippen molar-refractivity contribution in [3.05, 3.63) is 29.8 Å². The van der Waals surface area contributed by atoms with Gasteiger partial charge < -0.3 is 11.1 Å². The number of benzene rings is 1. The fraction of sp³-hybridized carbons (Fsp3) is 0.200. The van der Waals surface area contributed by atoms with Crippen LogP contribution in [0.1, 0.15) is 17.3 Å². The minimum Gasteiger partial charge on any atom is -0.368 e. The van der Waals surface area contributed by atoms with Gasteiger partial charge in [-0.1, -0.05) is 12.1 Å². The zero-order valence-corrected chi connectivity index (χ0v) is 9.12. The van der Waals surface area contributed by atoms with Crippen molar-refractivity contribution in [1.82, 2.24) is 5.32 Å². The molecule has 80 valence electrons. The lowest BCUT2D eigenvalue weighted by atomic mass is 10.2. The highest BCUT2D eigenvalue weighted by Crippen LogP contribution is 2.12. The third kappa shape index (κ3) is 2.99. The van der Waals surface area contributed by atoms with Gasteiger partial charge in [0.2, 0.25) is 5.91 Å². The molecule has 0 fully saturated rings. The molecule has 1 aromatic carbocycles. The Morgan fingerprint density at radius 2 is 2.00 bits per heavy atom. The van der Waals surface area contributed by atoms with Crippen molar-refractivity contribution in [3.8, 4) is 0 Å². The topological polar surface area (TPSA) is 72.2 Å². The molecule has 3 N–H and O–H groups in total. The van der Waals surface area contributed by atoms with Crippen molar-refractivity contribution in [1.29, 1.82) is 0 Å². The van der Waals surface area contributed by atoms with Crippen molar-refractivity contribution in [2.24, 2.45) is 5.73 Å². The number of rotatable bonds is 3. The third-order valence-electron chi connectivity index (χ3n) is 1.92. The van der Waals surface area contributed by atoms with Crippen LogP contribution in [0.25, 0.3) is 0 Å². The van der Waals surface area contributed by atoms with Crippen molar-refractivity contribution in [3.63, 3.8) is 0 Å². The summed E-state index contributed by atoms with van der Waals surface area (Å²) in [4.78, 5) is 22.9. The maximum absolute atomic E-state index is 11.6. The second-order valence-electron chi connectivity index (χ2n) is 3.11. The number of amides is 2. The van der Waals surface area contributed by atoms with Gasteiger partial charge >= 0.3 is 0 Å². The Kier molecular flexibility index (Phi) is 3.74. The summed E-state index contributed by atoms with van der Waals surface area (Å²) in [6, 6.07) is 6.14. The van der Waals surface area contributed by atoms with Crippen LogP contribution in [-0.2, 0) is 4.79 Å². The molecule has 0 aliphatic carbocycles. The van der Waals surface area contributed by atoms with Gasteiger partial charge in [-0.3, -0.25) is 9.59 Å². The molecule has 1 aromatic rings. The van der Waals surface area contributed by atoms with Crippen molar-refractivity contribution in [2.75, 3.05) is 0 Å². The molecular weight excluding hydrogens is 212 g/mol. The SMILES string of the molecule is C[C@H](NC(=O)c1ccccc1S)C(N)=O. The number of hydrogen-bond acceptors (Lipinski definition) is 3. The highest BCUT2D eigenvalue weighted by Gasteiger charge is 2.14. The smallest absolute Gasteiger partial charge is 0.253 e. The highest BCUT2D eigenvalue weighted by molar-refractivity contribution is 7.80. The summed E-state index contributed by atoms with van der Waals surface area (Å²) in [5.74, 6) is -0.924. The molecule has 0 saturated carbocycles. The van der Waals surface area contributed by atoms with Crippen LogP contribution in [-0.4, -0.2) is 17.9 Å². The lowest BCUT2D eigenvalue weighted by molar-refractivity contribution is -0.119. The van der Waals surface area contributed by atoms with E-state index in [1.165, 1.54) is 6.92 Å². The van der Waals surface area contributed by atoms with Crippen molar-refractivity contribution < 1.29 is 9.59 Å². The lowest BCUT2D eigenvalue weighted by Crippen LogP contribution is -2.42. The Labute approximate surface area is 93.3 Å². The molecule has 0 bridgehead atoms. The van der Waals surface area contributed by atoms with Crippen LogP contribution in [0.2, 0.25) is 0 Å². The fourth-order valence-electron chi connectivity index (χ4n) is 1.01. The Balaban J connectivity index is 2.78. The highest BCUT2D eigenvalue weighted by atomic mass is 32.1. The predicted molar refractivity (Wildman–Crippen MR) is 59.8 cm³/mol. The average molecular weight is 224 g/mol. The van der Waals surface area contributed by atoms with Crippen LogP contribution in [0.15, 0.2) is 29.2 Å². The third-order valence-corrected chi connectivity index (χ3v) is 2.31. The molecule has 1 rings (SSSR count). The summed E-state index contributed by atoms with van der Waals surface area (Å²) in [7, 11) is 0. The number of nitrogens with one attached hydrogen (secondary N) is 1. The van der Waals surface area contributed by atoms with Crippen molar-refractivity contribution in [2.45, 2.75) is 17.9 Å². The molecule has 0 heterocycles. The van der Waals surface area contributed by atoms with Crippen LogP contribution in [0.4, 0.5) is 0 Å². The van der Waals surface area contributed by atoms with Gasteiger partial charge in [-0.25, -0.2) is 0 Å². The number of nitrogens with two attached hydrogens (primary N) is 1. The molecule has 15 heavy (non-hydrogen) atoms. The zero-order chi connectivity index (χ0) is 11.4. The maximum Gasteiger partial charge on any atom is 0.253 e. The molecule has 5 heteroatoms. The molecule has 0 spiro atoms. The minimum atomic E-state index is -0.689. The van der Waals surface area contributed by atoms with Gasteiger partial charge in [0.05, 0.1) is 5.56 Å². The van der Waals surface area contributed by atoms with Crippen LogP contribution >= 0.6 is 12.6 Å². The largest absolute Gasteiger partial charge is 0.368 e. The second-order valence-corrected chi connectivity index (χ2v) is 3.60. The predicted octanol–water partition coefficient (Wildman–Crippen LogP) is 0.579. The van der Waals surface area contributed by atoms with E-state index in [-0.39, 0.29) is 5.91 Å². The number of carbonyl (C=O) groups excluding carboxylic acids is 2. The summed E-state index contributed by atoms with van der Waals surface area (Å²) in [6.45, 7) is 1.53. The molecule has 0 radical (unpaired) electrons. The minimum absolute atomic E-state index is 0.355. The van der Waals surface area contributed by atoms with Crippen LogP contribution in [0, 0.1) is 0 Å². The fourth-order valence-corrected chi connectivity index (χ4v) is 1.27. The summed E-state index contributed by atoms with van der Waals surface area (Å²) in [5.41, 5.74) is 5.45. The maximum atomic E-state index is 11.6. The van der Waals surface area contributed by atoms with E-state index in [0.29, 0.717) is 10.5 Å². The molecular formula is C10H12N2O2S. The first-order valence-corrected chi connectivity index (χ1v) is 4.85. The van der Waals surface area contributed by atoms with E-state index in [1.54, 1.807) is 24.3 Å². The molecule has 0 aromatic heterocycles. The molecule has 1 atom stereocenters. The molecule has 0 aliphatic rings. The number of primary amides is 1. The van der Waals surface area contributed by atoms with Gasteiger partial charge in [0, 0.05) is 4.90 Å². The Morgan fingerprint density at radius 3 is 2.53 bits per heavy atom. The second kappa shape index (κ2) is 4.84. The Morgan fingerprint density at radius 1 is 1.40 bits per heavy atom. The Bertz CT molecular complexity index is 393. The lowest BCUT2D eigenvalue weighted by Gasteiger charge is -2.10.